The minimum Gasteiger partial charge on any atom is -0.493 e. The minimum atomic E-state index is -1.11. The Morgan fingerprint density at radius 3 is 1.98 bits per heavy atom. The van der Waals surface area contributed by atoms with Gasteiger partial charge < -0.3 is 18.9 Å². The van der Waals surface area contributed by atoms with Crippen LogP contribution in [0.15, 0.2) is 72.3 Å². The molecule has 0 radical (unpaired) electrons. The van der Waals surface area contributed by atoms with Crippen LogP contribution in [0.1, 0.15) is 172 Å². The van der Waals surface area contributed by atoms with Gasteiger partial charge in [-0.25, -0.2) is 9.59 Å². The van der Waals surface area contributed by atoms with E-state index in [1.807, 2.05) is 43.3 Å². The zero-order valence-corrected chi connectivity index (χ0v) is 35.7. The standard InChI is InChI=1S/C51H70O7/c1-4-6-8-10-11-12-13-14-18-30-55-47-21-17-16-20-46(47)51(58-48(52)36-45-42-32-38-31-39(34-42)35-43(45)33-38)28-26-41(27-29-51)50(54)57-44-24-22-40(23-25-44)49(53)56-37(3)19-15-9-7-5-2/h16-17,20-28,37-39,42-43,45H,4-15,18-19,29-36H2,1-3H3. The number of ether oxygens (including phenoxy) is 4. The molecule has 0 aromatic heterocycles. The fourth-order valence-electron chi connectivity index (χ4n) is 10.4. The maximum absolute atomic E-state index is 14.1. The summed E-state index contributed by atoms with van der Waals surface area (Å²) in [4.78, 5) is 40.3. The second kappa shape index (κ2) is 21.9. The molecule has 7 heteroatoms. The van der Waals surface area contributed by atoms with Gasteiger partial charge in [-0.3, -0.25) is 4.79 Å². The van der Waals surface area contributed by atoms with E-state index in [1.54, 1.807) is 30.3 Å². The summed E-state index contributed by atoms with van der Waals surface area (Å²) < 4.78 is 24.4. The normalized spacial score (nSPS) is 24.9. The van der Waals surface area contributed by atoms with Crippen LogP contribution in [0.3, 0.4) is 0 Å². The molecular formula is C51H70O7. The minimum absolute atomic E-state index is 0.158. The summed E-state index contributed by atoms with van der Waals surface area (Å²) in [7, 11) is 0. The Labute approximate surface area is 348 Å². The van der Waals surface area contributed by atoms with Crippen molar-refractivity contribution in [2.24, 2.45) is 29.6 Å². The van der Waals surface area contributed by atoms with Crippen LogP contribution in [0.5, 0.6) is 11.5 Å². The summed E-state index contributed by atoms with van der Waals surface area (Å²) in [5.74, 6) is 3.27. The van der Waals surface area contributed by atoms with Crippen LogP contribution in [0, 0.1) is 29.6 Å². The summed E-state index contributed by atoms with van der Waals surface area (Å²) in [6.45, 7) is 6.95. The first-order valence-corrected chi connectivity index (χ1v) is 23.1. The Morgan fingerprint density at radius 2 is 1.34 bits per heavy atom. The number of hydrogen-bond donors (Lipinski definition) is 0. The molecule has 4 saturated carbocycles. The van der Waals surface area contributed by atoms with Crippen LogP contribution >= 0.6 is 0 Å². The molecule has 4 fully saturated rings. The van der Waals surface area contributed by atoms with Gasteiger partial charge >= 0.3 is 17.9 Å². The Hall–Kier alpha value is -3.87. The molecule has 5 aliphatic carbocycles. The smallest absolute Gasteiger partial charge is 0.343 e. The van der Waals surface area contributed by atoms with Gasteiger partial charge in [0.1, 0.15) is 11.5 Å². The lowest BCUT2D eigenvalue weighted by Gasteiger charge is -2.54. The largest absolute Gasteiger partial charge is 0.493 e. The Kier molecular flexibility index (Phi) is 16.5. The number of esters is 3. The zero-order valence-electron chi connectivity index (χ0n) is 35.7. The van der Waals surface area contributed by atoms with E-state index < -0.39 is 11.6 Å². The van der Waals surface area contributed by atoms with Crippen molar-refractivity contribution in [1.29, 1.82) is 0 Å². The van der Waals surface area contributed by atoms with Crippen molar-refractivity contribution < 1.29 is 33.3 Å². The highest BCUT2D eigenvalue weighted by Crippen LogP contribution is 2.57. The molecular weight excluding hydrogens is 725 g/mol. The molecule has 0 saturated heterocycles. The van der Waals surface area contributed by atoms with E-state index in [-0.39, 0.29) is 24.5 Å². The monoisotopic (exact) mass is 795 g/mol. The first kappa shape index (κ1) is 43.7. The van der Waals surface area contributed by atoms with Gasteiger partial charge in [0, 0.05) is 18.4 Å². The lowest BCUT2D eigenvalue weighted by Crippen LogP contribution is -2.46. The van der Waals surface area contributed by atoms with E-state index in [0.29, 0.717) is 53.4 Å². The summed E-state index contributed by atoms with van der Waals surface area (Å²) in [5.41, 5.74) is 0.468. The van der Waals surface area contributed by atoms with Gasteiger partial charge in [0.25, 0.3) is 0 Å². The Bertz CT molecular complexity index is 1660. The van der Waals surface area contributed by atoms with Gasteiger partial charge in [-0.1, -0.05) is 109 Å². The average Bonchev–Trinajstić information content (AvgIpc) is 3.22. The summed E-state index contributed by atoms with van der Waals surface area (Å²) >= 11 is 0. The van der Waals surface area contributed by atoms with E-state index in [9.17, 15) is 14.4 Å². The molecule has 2 aromatic carbocycles. The molecule has 5 aliphatic rings. The van der Waals surface area contributed by atoms with E-state index in [0.717, 1.165) is 49.5 Å². The molecule has 0 aliphatic heterocycles. The first-order valence-electron chi connectivity index (χ1n) is 23.1. The predicted molar refractivity (Wildman–Crippen MR) is 230 cm³/mol. The van der Waals surface area contributed by atoms with Crippen molar-refractivity contribution in [3.05, 3.63) is 83.5 Å². The molecule has 7 nitrogen and oxygen atoms in total. The molecule has 58 heavy (non-hydrogen) atoms. The highest BCUT2D eigenvalue weighted by atomic mass is 16.6. The maximum atomic E-state index is 14.1. The van der Waals surface area contributed by atoms with Gasteiger partial charge in [-0.2, -0.15) is 0 Å². The topological polar surface area (TPSA) is 88.1 Å². The number of benzene rings is 2. The highest BCUT2D eigenvalue weighted by Gasteiger charge is 2.49. The molecule has 0 N–H and O–H groups in total. The first-order chi connectivity index (χ1) is 28.3. The van der Waals surface area contributed by atoms with Gasteiger partial charge in [0.05, 0.1) is 23.8 Å². The molecule has 0 spiro atoms. The SMILES string of the molecule is CCCCCCCCCCCOc1ccccc1C1(OC(=O)CC2C3CC4CC(C3)CC2C4)C=CC(C(=O)Oc2ccc(C(=O)OC(C)CCCCCC)cc2)=CC1. The summed E-state index contributed by atoms with van der Waals surface area (Å²) in [6.07, 6.45) is 28.8. The zero-order chi connectivity index (χ0) is 40.7. The van der Waals surface area contributed by atoms with E-state index in [1.165, 1.54) is 89.9 Å². The van der Waals surface area contributed by atoms with Crippen LogP contribution in [-0.4, -0.2) is 30.6 Å². The fraction of sp³-hybridized carbons (Fsp3) is 0.627. The quantitative estimate of drug-likeness (QED) is 0.0594. The van der Waals surface area contributed by atoms with Crippen LogP contribution < -0.4 is 9.47 Å². The molecule has 2 atom stereocenters. The van der Waals surface area contributed by atoms with Crippen molar-refractivity contribution in [1.82, 2.24) is 0 Å². The number of rotatable bonds is 24. The third-order valence-corrected chi connectivity index (χ3v) is 13.4. The third-order valence-electron chi connectivity index (χ3n) is 13.4. The molecule has 0 heterocycles. The summed E-state index contributed by atoms with van der Waals surface area (Å²) in [5, 5.41) is 0. The lowest BCUT2D eigenvalue weighted by atomic mass is 9.51. The van der Waals surface area contributed by atoms with E-state index in [2.05, 4.69) is 13.8 Å². The predicted octanol–water partition coefficient (Wildman–Crippen LogP) is 12.8. The van der Waals surface area contributed by atoms with Crippen molar-refractivity contribution in [2.45, 2.75) is 167 Å². The average molecular weight is 795 g/mol. The van der Waals surface area contributed by atoms with Crippen LogP contribution in [0.25, 0.3) is 0 Å². The van der Waals surface area contributed by atoms with Crippen molar-refractivity contribution in [2.75, 3.05) is 6.61 Å². The number of carbonyl (C=O) groups excluding carboxylic acids is 3. The molecule has 2 aromatic rings. The number of unbranched alkanes of at least 4 members (excludes halogenated alkanes) is 11. The van der Waals surface area contributed by atoms with Crippen LogP contribution in [-0.2, 0) is 24.7 Å². The third kappa shape index (κ3) is 12.1. The van der Waals surface area contributed by atoms with E-state index >= 15 is 0 Å². The fourth-order valence-corrected chi connectivity index (χ4v) is 10.4. The Balaban J connectivity index is 1.09. The van der Waals surface area contributed by atoms with E-state index in [4.69, 9.17) is 18.9 Å². The molecule has 2 unspecified atom stereocenters. The molecule has 316 valence electrons. The molecule has 0 amide bonds. The van der Waals surface area contributed by atoms with Gasteiger partial charge in [-0.15, -0.1) is 0 Å². The van der Waals surface area contributed by atoms with Gasteiger partial charge in [0.2, 0.25) is 0 Å². The summed E-state index contributed by atoms with van der Waals surface area (Å²) in [6, 6.07) is 14.4. The second-order valence-corrected chi connectivity index (χ2v) is 18.0. The van der Waals surface area contributed by atoms with Crippen LogP contribution in [0.4, 0.5) is 0 Å². The van der Waals surface area contributed by atoms with Gasteiger partial charge in [0.15, 0.2) is 5.60 Å². The Morgan fingerprint density at radius 1 is 0.724 bits per heavy atom. The number of carbonyl (C=O) groups is 3. The lowest BCUT2D eigenvalue weighted by molar-refractivity contribution is -0.161. The molecule has 4 bridgehead atoms. The van der Waals surface area contributed by atoms with Crippen LogP contribution in [0.2, 0.25) is 0 Å². The molecule has 7 rings (SSSR count). The second-order valence-electron chi connectivity index (χ2n) is 18.0. The highest BCUT2D eigenvalue weighted by molar-refractivity contribution is 5.94. The van der Waals surface area contributed by atoms with Gasteiger partial charge in [-0.05, 0) is 130 Å². The number of hydrogen-bond acceptors (Lipinski definition) is 7. The van der Waals surface area contributed by atoms with Crippen molar-refractivity contribution in [3.63, 3.8) is 0 Å². The van der Waals surface area contributed by atoms with Crippen molar-refractivity contribution in [3.8, 4) is 11.5 Å². The van der Waals surface area contributed by atoms with Crippen molar-refractivity contribution >= 4 is 17.9 Å². The maximum Gasteiger partial charge on any atom is 0.343 e. The number of para-hydroxylation sites is 1.